The number of methoxy groups -OCH3 is 2. The molecule has 0 spiro atoms. The van der Waals surface area contributed by atoms with Crippen LogP contribution >= 0.6 is 0 Å². The van der Waals surface area contributed by atoms with Crippen LogP contribution < -0.4 is 14.2 Å². The highest BCUT2D eigenvalue weighted by atomic mass is 16.6. The van der Waals surface area contributed by atoms with Crippen LogP contribution in [-0.2, 0) is 19.1 Å². The van der Waals surface area contributed by atoms with Crippen LogP contribution in [0.5, 0.6) is 17.2 Å². The van der Waals surface area contributed by atoms with Gasteiger partial charge in [-0.05, 0) is 73.7 Å². The number of hydrogen-bond acceptors (Lipinski definition) is 8. The number of esters is 3. The van der Waals surface area contributed by atoms with E-state index in [1.807, 2.05) is 13.8 Å². The van der Waals surface area contributed by atoms with E-state index >= 15 is 0 Å². The number of hydrogen-bond donors (Lipinski definition) is 0. The Kier molecular flexibility index (Phi) is 12.0. The van der Waals surface area contributed by atoms with Crippen LogP contribution in [0.4, 0.5) is 0 Å². The van der Waals surface area contributed by atoms with Crippen molar-refractivity contribution >= 4 is 24.0 Å². The molecule has 0 atom stereocenters. The van der Waals surface area contributed by atoms with Gasteiger partial charge in [-0.15, -0.1) is 0 Å². The van der Waals surface area contributed by atoms with Crippen LogP contribution in [-0.4, -0.2) is 45.3 Å². The summed E-state index contributed by atoms with van der Waals surface area (Å²) < 4.78 is 26.3. The molecule has 0 saturated heterocycles. The highest BCUT2D eigenvalue weighted by Crippen LogP contribution is 2.29. The molecule has 0 aliphatic rings. The minimum absolute atomic E-state index is 0.0935. The molecule has 0 radical (unpaired) electrons. The van der Waals surface area contributed by atoms with E-state index in [9.17, 15) is 14.4 Å². The zero-order valence-electron chi connectivity index (χ0n) is 21.3. The van der Waals surface area contributed by atoms with Crippen LogP contribution in [0.1, 0.15) is 55.5 Å². The van der Waals surface area contributed by atoms with Gasteiger partial charge in [0.25, 0.3) is 0 Å². The summed E-state index contributed by atoms with van der Waals surface area (Å²) in [5.74, 6) is 0.0213. The fourth-order valence-electron chi connectivity index (χ4n) is 3.04. The number of carbonyl (C=O) groups excluding carboxylic acids is 3. The topological polar surface area (TPSA) is 97.4 Å². The zero-order valence-corrected chi connectivity index (χ0v) is 21.3. The number of ether oxygens (including phenoxy) is 5. The molecule has 0 aliphatic carbocycles. The molecule has 8 nitrogen and oxygen atoms in total. The SMILES string of the molecule is COC(=O)/C=C/c1ccc(OC(=O)c2ccc(OCCCCCCOC(=O)C(C)C)cc2)c(OC)c1. The Morgan fingerprint density at radius 3 is 2.19 bits per heavy atom. The molecule has 194 valence electrons. The zero-order chi connectivity index (χ0) is 26.3. The van der Waals surface area contributed by atoms with Gasteiger partial charge in [0.2, 0.25) is 0 Å². The molecule has 0 amide bonds. The lowest BCUT2D eigenvalue weighted by atomic mass is 10.2. The van der Waals surface area contributed by atoms with E-state index in [-0.39, 0.29) is 17.6 Å². The first-order valence-corrected chi connectivity index (χ1v) is 11.9. The summed E-state index contributed by atoms with van der Waals surface area (Å²) in [5, 5.41) is 0. The molecule has 0 heterocycles. The van der Waals surface area contributed by atoms with Gasteiger partial charge < -0.3 is 23.7 Å². The third-order valence-electron chi connectivity index (χ3n) is 5.12. The first kappa shape index (κ1) is 28.4. The number of carbonyl (C=O) groups is 3. The van der Waals surface area contributed by atoms with Gasteiger partial charge in [0.1, 0.15) is 5.75 Å². The van der Waals surface area contributed by atoms with Crippen LogP contribution in [0.25, 0.3) is 6.08 Å². The lowest BCUT2D eigenvalue weighted by Crippen LogP contribution is -2.12. The first-order valence-electron chi connectivity index (χ1n) is 11.9. The molecule has 0 N–H and O–H groups in total. The summed E-state index contributed by atoms with van der Waals surface area (Å²) >= 11 is 0. The third-order valence-corrected chi connectivity index (χ3v) is 5.12. The minimum Gasteiger partial charge on any atom is -0.494 e. The van der Waals surface area contributed by atoms with Gasteiger partial charge in [-0.2, -0.15) is 0 Å². The summed E-state index contributed by atoms with van der Waals surface area (Å²) in [6.07, 6.45) is 6.52. The molecule has 0 aromatic heterocycles. The molecule has 0 saturated carbocycles. The van der Waals surface area contributed by atoms with Gasteiger partial charge in [-0.1, -0.05) is 19.9 Å². The van der Waals surface area contributed by atoms with Gasteiger partial charge in [0.05, 0.1) is 38.9 Å². The quantitative estimate of drug-likeness (QED) is 0.151. The van der Waals surface area contributed by atoms with E-state index < -0.39 is 11.9 Å². The van der Waals surface area contributed by atoms with Crippen LogP contribution in [0.3, 0.4) is 0 Å². The molecule has 0 bridgehead atoms. The Morgan fingerprint density at radius 2 is 1.56 bits per heavy atom. The average molecular weight is 499 g/mol. The summed E-state index contributed by atoms with van der Waals surface area (Å²) in [4.78, 5) is 35.2. The minimum atomic E-state index is -0.532. The molecule has 2 rings (SSSR count). The van der Waals surface area contributed by atoms with Crippen molar-refractivity contribution in [2.75, 3.05) is 27.4 Å². The first-order chi connectivity index (χ1) is 17.3. The highest BCUT2D eigenvalue weighted by Gasteiger charge is 2.13. The Balaban J connectivity index is 1.77. The number of rotatable bonds is 14. The monoisotopic (exact) mass is 498 g/mol. The maximum Gasteiger partial charge on any atom is 0.343 e. The fraction of sp³-hybridized carbons (Fsp3) is 0.393. The van der Waals surface area contributed by atoms with Crippen LogP contribution in [0, 0.1) is 5.92 Å². The average Bonchev–Trinajstić information content (AvgIpc) is 2.89. The van der Waals surface area contributed by atoms with Crippen molar-refractivity contribution in [1.82, 2.24) is 0 Å². The number of benzene rings is 2. The van der Waals surface area contributed by atoms with Crippen molar-refractivity contribution in [3.05, 3.63) is 59.7 Å². The van der Waals surface area contributed by atoms with Gasteiger partial charge >= 0.3 is 17.9 Å². The Bertz CT molecular complexity index is 1020. The van der Waals surface area contributed by atoms with E-state index in [0.717, 1.165) is 25.7 Å². The van der Waals surface area contributed by atoms with E-state index in [1.54, 1.807) is 48.5 Å². The van der Waals surface area contributed by atoms with Crippen LogP contribution in [0.15, 0.2) is 48.5 Å². The van der Waals surface area contributed by atoms with Gasteiger partial charge in [-0.3, -0.25) is 4.79 Å². The van der Waals surface area contributed by atoms with Crippen molar-refractivity contribution in [3.8, 4) is 17.2 Å². The molecular weight excluding hydrogens is 464 g/mol. The summed E-state index contributed by atoms with van der Waals surface area (Å²) in [6.45, 7) is 4.66. The molecule has 8 heteroatoms. The standard InChI is InChI=1S/C28H34O8/c1-20(2)27(30)35-18-8-6-5-7-17-34-23-13-11-22(12-14-23)28(31)36-24-15-9-21(19-25(24)32-3)10-16-26(29)33-4/h9-16,19-20H,5-8,17-18H2,1-4H3/b16-10+. The maximum absolute atomic E-state index is 12.6. The largest absolute Gasteiger partial charge is 0.494 e. The van der Waals surface area contributed by atoms with Crippen molar-refractivity contribution < 1.29 is 38.1 Å². The molecule has 0 fully saturated rings. The van der Waals surface area contributed by atoms with Gasteiger partial charge in [-0.25, -0.2) is 9.59 Å². The van der Waals surface area contributed by atoms with Crippen molar-refractivity contribution in [2.24, 2.45) is 5.92 Å². The number of unbranched alkanes of at least 4 members (excludes halogenated alkanes) is 3. The molecule has 0 unspecified atom stereocenters. The lowest BCUT2D eigenvalue weighted by Gasteiger charge is -2.11. The molecule has 2 aromatic carbocycles. The molecule has 36 heavy (non-hydrogen) atoms. The smallest absolute Gasteiger partial charge is 0.343 e. The molecular formula is C28H34O8. The summed E-state index contributed by atoms with van der Waals surface area (Å²) in [6, 6.07) is 11.7. The van der Waals surface area contributed by atoms with Gasteiger partial charge in [0.15, 0.2) is 11.5 Å². The Labute approximate surface area is 212 Å². The molecule has 0 aliphatic heterocycles. The van der Waals surface area contributed by atoms with Crippen molar-refractivity contribution in [2.45, 2.75) is 39.5 Å². The van der Waals surface area contributed by atoms with E-state index in [1.165, 1.54) is 20.3 Å². The van der Waals surface area contributed by atoms with Gasteiger partial charge in [0, 0.05) is 6.08 Å². The second-order valence-corrected chi connectivity index (χ2v) is 8.27. The van der Waals surface area contributed by atoms with Crippen molar-refractivity contribution in [3.63, 3.8) is 0 Å². The Hall–Kier alpha value is -3.81. The predicted octanol–water partition coefficient (Wildman–Crippen LogP) is 5.24. The van der Waals surface area contributed by atoms with E-state index in [4.69, 9.17) is 18.9 Å². The van der Waals surface area contributed by atoms with E-state index in [2.05, 4.69) is 4.74 Å². The van der Waals surface area contributed by atoms with Crippen LogP contribution in [0.2, 0.25) is 0 Å². The molecule has 2 aromatic rings. The fourth-order valence-corrected chi connectivity index (χ4v) is 3.04. The summed E-state index contributed by atoms with van der Waals surface area (Å²) in [5.41, 5.74) is 1.06. The van der Waals surface area contributed by atoms with E-state index in [0.29, 0.717) is 35.8 Å². The lowest BCUT2D eigenvalue weighted by molar-refractivity contribution is -0.147. The second-order valence-electron chi connectivity index (χ2n) is 8.27. The summed E-state index contributed by atoms with van der Waals surface area (Å²) in [7, 11) is 2.77. The third kappa shape index (κ3) is 9.82. The Morgan fingerprint density at radius 1 is 0.861 bits per heavy atom. The highest BCUT2D eigenvalue weighted by molar-refractivity contribution is 5.91. The van der Waals surface area contributed by atoms with Crippen molar-refractivity contribution in [1.29, 1.82) is 0 Å². The predicted molar refractivity (Wildman–Crippen MR) is 135 cm³/mol. The normalized spacial score (nSPS) is 10.8. The second kappa shape index (κ2) is 15.2. The maximum atomic E-state index is 12.6.